The second-order valence-corrected chi connectivity index (χ2v) is 15.0. The van der Waals surface area contributed by atoms with Crippen LogP contribution in [0, 0.1) is 5.92 Å². The Balaban J connectivity index is 4.47. The van der Waals surface area contributed by atoms with Gasteiger partial charge in [0.2, 0.25) is 0 Å². The van der Waals surface area contributed by atoms with E-state index in [4.69, 9.17) is 19.1 Å². The van der Waals surface area contributed by atoms with Gasteiger partial charge in [-0.25, -0.2) is 4.57 Å². The molecule has 0 aliphatic heterocycles. The lowest BCUT2D eigenvalue weighted by Gasteiger charge is -2.20. The van der Waals surface area contributed by atoms with Crippen molar-refractivity contribution in [1.29, 1.82) is 0 Å². The summed E-state index contributed by atoms with van der Waals surface area (Å²) >= 11 is 0. The smallest absolute Gasteiger partial charge is 0.462 e. The lowest BCUT2D eigenvalue weighted by Crippen LogP contribution is -2.29. The summed E-state index contributed by atoms with van der Waals surface area (Å²) in [6.07, 6.45) is 18.0. The fourth-order valence-electron chi connectivity index (χ4n) is 5.11. The molecule has 6 atom stereocenters. The average molecular weight is 739 g/mol. The minimum Gasteiger partial charge on any atom is -0.462 e. The van der Waals surface area contributed by atoms with E-state index in [9.17, 15) is 34.4 Å². The van der Waals surface area contributed by atoms with Crippen LogP contribution in [0.15, 0.2) is 12.2 Å². The molecule has 0 saturated heterocycles. The Bertz CT molecular complexity index is 902. The van der Waals surface area contributed by atoms with E-state index < -0.39 is 64.0 Å². The third kappa shape index (κ3) is 30.3. The SMILES string of the molecule is CCCCC/C=C\C[C@@H](O)[C@H](O)CCCCCCCC(=O)OC[C@H](COP(=O)(O)OC[C@@H](O)CO)OC(=O)CCCCCCCCC(C)CC. The summed E-state index contributed by atoms with van der Waals surface area (Å²) in [4.78, 5) is 34.8. The number of carbonyl (C=O) groups excluding carboxylic acids is 2. The fraction of sp³-hybridized carbons (Fsp3) is 0.892. The number of rotatable bonds is 35. The van der Waals surface area contributed by atoms with Crippen molar-refractivity contribution in [3.8, 4) is 0 Å². The second kappa shape index (κ2) is 32.3. The van der Waals surface area contributed by atoms with E-state index in [1.807, 2.05) is 6.08 Å². The highest BCUT2D eigenvalue weighted by Gasteiger charge is 2.27. The van der Waals surface area contributed by atoms with Crippen molar-refractivity contribution in [3.05, 3.63) is 12.2 Å². The molecule has 0 aliphatic carbocycles. The van der Waals surface area contributed by atoms with Gasteiger partial charge in [-0.15, -0.1) is 0 Å². The minimum absolute atomic E-state index is 0.144. The zero-order valence-electron chi connectivity index (χ0n) is 31.3. The first-order valence-corrected chi connectivity index (χ1v) is 20.7. The van der Waals surface area contributed by atoms with Gasteiger partial charge >= 0.3 is 19.8 Å². The number of allylic oxidation sites excluding steroid dienone is 1. The fourth-order valence-corrected chi connectivity index (χ4v) is 5.90. The van der Waals surface area contributed by atoms with Gasteiger partial charge in [-0.2, -0.15) is 0 Å². The first-order valence-electron chi connectivity index (χ1n) is 19.2. The molecule has 0 aliphatic rings. The summed E-state index contributed by atoms with van der Waals surface area (Å²) in [6, 6.07) is 0. The molecule has 0 amide bonds. The molecule has 50 heavy (non-hydrogen) atoms. The van der Waals surface area contributed by atoms with Crippen LogP contribution < -0.4 is 0 Å². The van der Waals surface area contributed by atoms with E-state index in [-0.39, 0.29) is 19.4 Å². The number of unbranched alkanes of at least 4 members (excludes halogenated alkanes) is 12. The number of phosphoric ester groups is 1. The van der Waals surface area contributed by atoms with Gasteiger partial charge in [-0.3, -0.25) is 18.6 Å². The molecule has 5 N–H and O–H groups in total. The number of aliphatic hydroxyl groups is 4. The van der Waals surface area contributed by atoms with Crippen molar-refractivity contribution in [2.24, 2.45) is 5.92 Å². The van der Waals surface area contributed by atoms with Crippen LogP contribution in [0.2, 0.25) is 0 Å². The Kier molecular flexibility index (Phi) is 31.4. The van der Waals surface area contributed by atoms with Gasteiger partial charge in [-0.05, 0) is 44.4 Å². The second-order valence-electron chi connectivity index (χ2n) is 13.5. The number of esters is 2. The highest BCUT2D eigenvalue weighted by Crippen LogP contribution is 2.43. The van der Waals surface area contributed by atoms with Crippen LogP contribution in [0.3, 0.4) is 0 Å². The summed E-state index contributed by atoms with van der Waals surface area (Å²) < 4.78 is 32.5. The average Bonchev–Trinajstić information content (AvgIpc) is 3.10. The molecule has 0 aromatic carbocycles. The van der Waals surface area contributed by atoms with Gasteiger partial charge in [0, 0.05) is 12.8 Å². The number of phosphoric acid groups is 1. The Hall–Kier alpha value is -1.37. The Labute approximate surface area is 301 Å². The van der Waals surface area contributed by atoms with Crippen LogP contribution in [-0.4, -0.2) is 88.1 Å². The standard InChI is InChI=1S/C37H71O12P/c1-4-6-7-8-13-18-23-34(40)35(41)24-19-14-11-16-20-25-36(42)46-29-33(30-48-50(44,45)47-28-32(39)27-38)49-37(43)26-21-15-10-9-12-17-22-31(3)5-2/h13,18,31-35,38-41H,4-12,14-17,19-30H2,1-3H3,(H,44,45)/b18-13-/t31?,32-,33+,34+,35+/m0/s1. The zero-order chi connectivity index (χ0) is 37.5. The molecule has 13 heteroatoms. The molecular formula is C37H71O12P. The van der Waals surface area contributed by atoms with Crippen LogP contribution in [0.25, 0.3) is 0 Å². The molecule has 0 aromatic heterocycles. The van der Waals surface area contributed by atoms with E-state index in [1.54, 1.807) is 0 Å². The lowest BCUT2D eigenvalue weighted by molar-refractivity contribution is -0.161. The van der Waals surface area contributed by atoms with Crippen LogP contribution in [0.5, 0.6) is 0 Å². The van der Waals surface area contributed by atoms with Crippen molar-refractivity contribution in [2.45, 2.75) is 180 Å². The Morgan fingerprint density at radius 2 is 1.28 bits per heavy atom. The summed E-state index contributed by atoms with van der Waals surface area (Å²) in [6.45, 7) is 4.38. The maximum absolute atomic E-state index is 12.5. The van der Waals surface area contributed by atoms with Crippen LogP contribution in [-0.2, 0) is 32.7 Å². The molecule has 0 bridgehead atoms. The van der Waals surface area contributed by atoms with Gasteiger partial charge in [0.05, 0.1) is 32.0 Å². The normalized spacial score (nSPS) is 16.1. The maximum atomic E-state index is 12.5. The molecule has 0 aromatic rings. The minimum atomic E-state index is -4.64. The number of hydrogen-bond donors (Lipinski definition) is 5. The van der Waals surface area contributed by atoms with Gasteiger partial charge < -0.3 is 34.8 Å². The van der Waals surface area contributed by atoms with Crippen molar-refractivity contribution < 1.29 is 58.0 Å². The van der Waals surface area contributed by atoms with Crippen molar-refractivity contribution >= 4 is 19.8 Å². The molecule has 0 spiro atoms. The predicted octanol–water partition coefficient (Wildman–Crippen LogP) is 7.07. The number of aliphatic hydroxyl groups excluding tert-OH is 4. The van der Waals surface area contributed by atoms with E-state index in [1.165, 1.54) is 38.5 Å². The Morgan fingerprint density at radius 1 is 0.700 bits per heavy atom. The topological polar surface area (TPSA) is 189 Å². The van der Waals surface area contributed by atoms with E-state index in [0.29, 0.717) is 25.7 Å². The zero-order valence-corrected chi connectivity index (χ0v) is 32.2. The van der Waals surface area contributed by atoms with E-state index in [0.717, 1.165) is 63.7 Å². The third-order valence-corrected chi connectivity index (χ3v) is 9.61. The lowest BCUT2D eigenvalue weighted by atomic mass is 10.00. The van der Waals surface area contributed by atoms with Gasteiger partial charge in [0.1, 0.15) is 12.7 Å². The molecule has 296 valence electrons. The van der Waals surface area contributed by atoms with Crippen molar-refractivity contribution in [2.75, 3.05) is 26.4 Å². The predicted molar refractivity (Wildman–Crippen MR) is 194 cm³/mol. The molecule has 0 saturated carbocycles. The van der Waals surface area contributed by atoms with Crippen molar-refractivity contribution in [1.82, 2.24) is 0 Å². The molecule has 0 heterocycles. The number of hydrogen-bond acceptors (Lipinski definition) is 11. The first kappa shape index (κ1) is 48.6. The molecule has 2 unspecified atom stereocenters. The van der Waals surface area contributed by atoms with Gasteiger partial charge in [-0.1, -0.05) is 116 Å². The van der Waals surface area contributed by atoms with Crippen LogP contribution >= 0.6 is 7.82 Å². The summed E-state index contributed by atoms with van der Waals surface area (Å²) in [7, 11) is -4.64. The largest absolute Gasteiger partial charge is 0.472 e. The van der Waals surface area contributed by atoms with Gasteiger partial charge in [0.25, 0.3) is 0 Å². The van der Waals surface area contributed by atoms with Crippen LogP contribution in [0.1, 0.15) is 156 Å². The third-order valence-electron chi connectivity index (χ3n) is 8.66. The van der Waals surface area contributed by atoms with E-state index in [2.05, 4.69) is 31.4 Å². The first-order chi connectivity index (χ1) is 23.9. The summed E-state index contributed by atoms with van der Waals surface area (Å²) in [5.74, 6) is -0.289. The Morgan fingerprint density at radius 3 is 1.90 bits per heavy atom. The molecule has 0 rings (SSSR count). The number of ether oxygens (including phenoxy) is 2. The quantitative estimate of drug-likeness (QED) is 0.0193. The van der Waals surface area contributed by atoms with E-state index >= 15 is 0 Å². The highest BCUT2D eigenvalue weighted by molar-refractivity contribution is 7.47. The van der Waals surface area contributed by atoms with Crippen molar-refractivity contribution in [3.63, 3.8) is 0 Å². The summed E-state index contributed by atoms with van der Waals surface area (Å²) in [5.41, 5.74) is 0. The molecule has 12 nitrogen and oxygen atoms in total. The number of carbonyl (C=O) groups is 2. The highest BCUT2D eigenvalue weighted by atomic mass is 31.2. The van der Waals surface area contributed by atoms with Gasteiger partial charge in [0.15, 0.2) is 6.10 Å². The molecule has 0 radical (unpaired) electrons. The molecular weight excluding hydrogens is 667 g/mol. The summed E-state index contributed by atoms with van der Waals surface area (Å²) in [5, 5.41) is 38.6. The van der Waals surface area contributed by atoms with Crippen LogP contribution in [0.4, 0.5) is 0 Å². The maximum Gasteiger partial charge on any atom is 0.472 e. The molecule has 0 fully saturated rings. The monoisotopic (exact) mass is 738 g/mol.